The minimum absolute atomic E-state index is 0.0719. The van der Waals surface area contributed by atoms with Gasteiger partial charge < -0.3 is 10.2 Å². The summed E-state index contributed by atoms with van der Waals surface area (Å²) in [7, 11) is 0. The van der Waals surface area contributed by atoms with Crippen molar-refractivity contribution in [3.05, 3.63) is 107 Å². The number of hydrogen-bond acceptors (Lipinski definition) is 2. The number of allylic oxidation sites excluding steroid dienone is 10. The van der Waals surface area contributed by atoms with Crippen LogP contribution in [-0.4, -0.2) is 10.2 Å². The highest BCUT2D eigenvalue weighted by atomic mass is 16.3. The molecule has 176 valence electrons. The summed E-state index contributed by atoms with van der Waals surface area (Å²) in [6.45, 7) is 13.2. The predicted molar refractivity (Wildman–Crippen MR) is 140 cm³/mol. The van der Waals surface area contributed by atoms with Gasteiger partial charge >= 0.3 is 0 Å². The van der Waals surface area contributed by atoms with Gasteiger partial charge in [-0.25, -0.2) is 0 Å². The Hall–Kier alpha value is -2.74. The van der Waals surface area contributed by atoms with Crippen molar-refractivity contribution >= 4 is 0 Å². The third kappa shape index (κ3) is 5.99. The SMILES string of the molecule is CC(C)C1(C)/C=C\C=C(Cc2ccc(CC(C)(C)C3(C)C=CC=CC(O)=C3)cc2)C/C(O)=C\1. The average Bonchev–Trinajstić information content (AvgIpc) is 2.89. The van der Waals surface area contributed by atoms with Crippen LogP contribution in [-0.2, 0) is 12.8 Å². The summed E-state index contributed by atoms with van der Waals surface area (Å²) in [4.78, 5) is 0. The fourth-order valence-electron chi connectivity index (χ4n) is 4.59. The lowest BCUT2D eigenvalue weighted by molar-refractivity contribution is 0.192. The number of rotatable bonds is 6. The Labute approximate surface area is 200 Å². The molecule has 3 rings (SSSR count). The van der Waals surface area contributed by atoms with E-state index in [1.165, 1.54) is 16.7 Å². The van der Waals surface area contributed by atoms with Crippen molar-refractivity contribution in [2.45, 2.75) is 60.8 Å². The molecule has 2 aliphatic carbocycles. The zero-order valence-electron chi connectivity index (χ0n) is 21.1. The van der Waals surface area contributed by atoms with Crippen LogP contribution < -0.4 is 0 Å². The van der Waals surface area contributed by atoms with E-state index in [4.69, 9.17) is 0 Å². The summed E-state index contributed by atoms with van der Waals surface area (Å²) in [6, 6.07) is 8.84. The Morgan fingerprint density at radius 2 is 1.58 bits per heavy atom. The van der Waals surface area contributed by atoms with Gasteiger partial charge in [0, 0.05) is 17.3 Å². The first kappa shape index (κ1) is 24.9. The van der Waals surface area contributed by atoms with Gasteiger partial charge in [0.15, 0.2) is 0 Å². The Morgan fingerprint density at radius 3 is 2.24 bits per heavy atom. The lowest BCUT2D eigenvalue weighted by atomic mass is 9.63. The molecule has 0 amide bonds. The molecule has 0 saturated carbocycles. The topological polar surface area (TPSA) is 40.5 Å². The second kappa shape index (κ2) is 9.63. The molecular formula is C31H40O2. The second-order valence-corrected chi connectivity index (χ2v) is 11.1. The lowest BCUT2D eigenvalue weighted by Crippen LogP contribution is -2.34. The van der Waals surface area contributed by atoms with Crippen LogP contribution in [0.4, 0.5) is 0 Å². The van der Waals surface area contributed by atoms with Crippen LogP contribution in [0.15, 0.2) is 96.0 Å². The van der Waals surface area contributed by atoms with Crippen LogP contribution in [0.25, 0.3) is 0 Å². The molecule has 0 fully saturated rings. The molecule has 1 aromatic carbocycles. The lowest BCUT2D eigenvalue weighted by Gasteiger charge is -2.40. The summed E-state index contributed by atoms with van der Waals surface area (Å²) in [5.41, 5.74) is 3.31. The van der Waals surface area contributed by atoms with Crippen LogP contribution in [0.5, 0.6) is 0 Å². The van der Waals surface area contributed by atoms with Crippen LogP contribution in [0.3, 0.4) is 0 Å². The third-order valence-corrected chi connectivity index (χ3v) is 7.74. The fraction of sp³-hybridized carbons (Fsp3) is 0.419. The van der Waals surface area contributed by atoms with E-state index >= 15 is 0 Å². The maximum Gasteiger partial charge on any atom is 0.112 e. The molecule has 2 aliphatic rings. The van der Waals surface area contributed by atoms with Crippen molar-refractivity contribution in [1.82, 2.24) is 0 Å². The Morgan fingerprint density at radius 1 is 0.909 bits per heavy atom. The van der Waals surface area contributed by atoms with Gasteiger partial charge in [0.25, 0.3) is 0 Å². The summed E-state index contributed by atoms with van der Waals surface area (Å²) in [6.07, 6.45) is 20.6. The zero-order valence-corrected chi connectivity index (χ0v) is 21.1. The summed E-state index contributed by atoms with van der Waals surface area (Å²) >= 11 is 0. The van der Waals surface area contributed by atoms with Gasteiger partial charge in [0.2, 0.25) is 0 Å². The first-order valence-corrected chi connectivity index (χ1v) is 12.1. The summed E-state index contributed by atoms with van der Waals surface area (Å²) in [5.74, 6) is 1.20. The van der Waals surface area contributed by atoms with E-state index in [-0.39, 0.29) is 16.2 Å². The smallest absolute Gasteiger partial charge is 0.112 e. The van der Waals surface area contributed by atoms with Gasteiger partial charge in [-0.1, -0.05) is 108 Å². The zero-order chi connectivity index (χ0) is 24.3. The highest BCUT2D eigenvalue weighted by Gasteiger charge is 2.38. The number of aliphatic hydroxyl groups excluding tert-OH is 2. The van der Waals surface area contributed by atoms with Gasteiger partial charge in [0.1, 0.15) is 5.76 Å². The maximum atomic E-state index is 10.6. The Bertz CT molecular complexity index is 1030. The molecule has 0 aromatic heterocycles. The number of hydrogen-bond donors (Lipinski definition) is 2. The summed E-state index contributed by atoms with van der Waals surface area (Å²) in [5, 5.41) is 20.7. The van der Waals surface area contributed by atoms with Gasteiger partial charge in [-0.3, -0.25) is 0 Å². The molecule has 0 saturated heterocycles. The molecule has 0 spiro atoms. The minimum atomic E-state index is -0.246. The standard InChI is InChI=1S/C31H40O2/c1-23(2)30(5)16-9-10-26(19-28(33)21-30)18-24-12-14-25(15-13-24)20-29(3,4)31(6)17-8-7-11-27(32)22-31/h7-17,21-23,32-33H,18-20H2,1-6H3/b16-9-,26-10?,28-21+. The van der Waals surface area contributed by atoms with E-state index in [1.807, 2.05) is 24.3 Å². The second-order valence-electron chi connectivity index (χ2n) is 11.1. The molecule has 1 aromatic rings. The molecular weight excluding hydrogens is 404 g/mol. The molecule has 0 aliphatic heterocycles. The Kier molecular flexibility index (Phi) is 7.26. The van der Waals surface area contributed by atoms with E-state index in [0.717, 1.165) is 12.8 Å². The first-order valence-electron chi connectivity index (χ1n) is 12.1. The highest BCUT2D eigenvalue weighted by molar-refractivity contribution is 5.34. The van der Waals surface area contributed by atoms with E-state index in [0.29, 0.717) is 23.9 Å². The van der Waals surface area contributed by atoms with Crippen molar-refractivity contribution in [3.63, 3.8) is 0 Å². The molecule has 2 N–H and O–H groups in total. The monoisotopic (exact) mass is 444 g/mol. The molecule has 0 bridgehead atoms. The quantitative estimate of drug-likeness (QED) is 0.463. The van der Waals surface area contributed by atoms with Gasteiger partial charge in [-0.15, -0.1) is 0 Å². The van der Waals surface area contributed by atoms with E-state index in [9.17, 15) is 10.2 Å². The summed E-state index contributed by atoms with van der Waals surface area (Å²) < 4.78 is 0. The van der Waals surface area contributed by atoms with Gasteiger partial charge in [-0.05, 0) is 53.5 Å². The predicted octanol–water partition coefficient (Wildman–Crippen LogP) is 8.36. The number of benzene rings is 1. The van der Waals surface area contributed by atoms with Crippen LogP contribution in [0.2, 0.25) is 0 Å². The van der Waals surface area contributed by atoms with Crippen molar-refractivity contribution in [2.24, 2.45) is 22.2 Å². The maximum absolute atomic E-state index is 10.6. The van der Waals surface area contributed by atoms with Crippen LogP contribution >= 0.6 is 0 Å². The molecule has 0 heterocycles. The van der Waals surface area contributed by atoms with Crippen LogP contribution in [0, 0.1) is 22.2 Å². The fourth-order valence-corrected chi connectivity index (χ4v) is 4.59. The van der Waals surface area contributed by atoms with E-state index < -0.39 is 0 Å². The van der Waals surface area contributed by atoms with E-state index in [2.05, 4.69) is 90.1 Å². The first-order chi connectivity index (χ1) is 15.4. The largest absolute Gasteiger partial charge is 0.512 e. The van der Waals surface area contributed by atoms with Gasteiger partial charge in [0.05, 0.1) is 5.76 Å². The molecule has 2 atom stereocenters. The number of aliphatic hydroxyl groups is 2. The third-order valence-electron chi connectivity index (χ3n) is 7.74. The van der Waals surface area contributed by atoms with Crippen molar-refractivity contribution in [1.29, 1.82) is 0 Å². The van der Waals surface area contributed by atoms with Gasteiger partial charge in [-0.2, -0.15) is 0 Å². The van der Waals surface area contributed by atoms with Crippen molar-refractivity contribution in [2.75, 3.05) is 0 Å². The van der Waals surface area contributed by atoms with E-state index in [1.54, 1.807) is 6.08 Å². The molecule has 2 unspecified atom stereocenters. The Balaban J connectivity index is 1.72. The van der Waals surface area contributed by atoms with Crippen LogP contribution in [0.1, 0.15) is 59.1 Å². The molecule has 33 heavy (non-hydrogen) atoms. The van der Waals surface area contributed by atoms with Crippen molar-refractivity contribution in [3.8, 4) is 0 Å². The molecule has 2 nitrogen and oxygen atoms in total. The average molecular weight is 445 g/mol. The molecule has 2 heteroatoms. The van der Waals surface area contributed by atoms with Crippen molar-refractivity contribution < 1.29 is 10.2 Å². The highest BCUT2D eigenvalue weighted by Crippen LogP contribution is 2.45. The minimum Gasteiger partial charge on any atom is -0.512 e. The normalized spacial score (nSPS) is 28.3. The molecule has 0 radical (unpaired) electrons.